The Hall–Kier alpha value is -0.580. The van der Waals surface area contributed by atoms with Gasteiger partial charge in [-0.3, -0.25) is 0 Å². The van der Waals surface area contributed by atoms with Crippen LogP contribution in [-0.2, 0) is 10.0 Å². The first-order valence-electron chi connectivity index (χ1n) is 3.25. The highest BCUT2D eigenvalue weighted by Gasteiger charge is 2.09. The van der Waals surface area contributed by atoms with Crippen molar-refractivity contribution in [3.63, 3.8) is 0 Å². The molecule has 5 heteroatoms. The Balaban J connectivity index is 3.14. The van der Waals surface area contributed by atoms with Crippen LogP contribution in [0.5, 0.6) is 0 Å². The molecule has 0 spiro atoms. The normalized spacial score (nSPS) is 11.5. The summed E-state index contributed by atoms with van der Waals surface area (Å²) in [6, 6.07) is 5.97. The Bertz CT molecular complexity index is 357. The predicted octanol–water partition coefficient (Wildman–Crippen LogP) is 1.25. The summed E-state index contributed by atoms with van der Waals surface area (Å²) >= 11 is 5.59. The number of hydrogen-bond acceptors (Lipinski definition) is 2. The molecule has 3 nitrogen and oxygen atoms in total. The molecule has 0 bridgehead atoms. The van der Waals surface area contributed by atoms with Crippen molar-refractivity contribution in [3.8, 4) is 0 Å². The van der Waals surface area contributed by atoms with Crippen LogP contribution in [0.2, 0.25) is 5.02 Å². The van der Waals surface area contributed by atoms with E-state index in [9.17, 15) is 8.42 Å². The van der Waals surface area contributed by atoms with Crippen molar-refractivity contribution in [2.45, 2.75) is 4.90 Å². The number of nitrogens with one attached hydrogen (secondary N) is 1. The van der Waals surface area contributed by atoms with Gasteiger partial charge in [0.25, 0.3) is 0 Å². The van der Waals surface area contributed by atoms with Crippen molar-refractivity contribution in [3.05, 3.63) is 29.3 Å². The van der Waals surface area contributed by atoms with Gasteiger partial charge in [0.05, 0.1) is 4.90 Å². The Morgan fingerprint density at radius 1 is 1.25 bits per heavy atom. The van der Waals surface area contributed by atoms with Gasteiger partial charge in [0.2, 0.25) is 10.0 Å². The second kappa shape index (κ2) is 3.43. The third kappa shape index (κ3) is 1.97. The minimum atomic E-state index is -3.32. The van der Waals surface area contributed by atoms with Crippen LogP contribution in [0.1, 0.15) is 0 Å². The van der Waals surface area contributed by atoms with E-state index >= 15 is 0 Å². The molecular weight excluding hydrogens is 198 g/mol. The number of sulfonamides is 1. The monoisotopic (exact) mass is 205 g/mol. The van der Waals surface area contributed by atoms with Gasteiger partial charge in [-0.25, -0.2) is 13.1 Å². The van der Waals surface area contributed by atoms with Crippen LogP contribution in [-0.4, -0.2) is 15.5 Å². The molecule has 1 N–H and O–H groups in total. The number of rotatable bonds is 2. The van der Waals surface area contributed by atoms with Crippen molar-refractivity contribution in [1.82, 2.24) is 4.72 Å². The summed E-state index contributed by atoms with van der Waals surface area (Å²) in [6.45, 7) is 0. The van der Waals surface area contributed by atoms with Crippen LogP contribution in [0, 0.1) is 0 Å². The molecule has 0 saturated heterocycles. The first kappa shape index (κ1) is 9.51. The second-order valence-corrected chi connectivity index (χ2v) is 4.48. The van der Waals surface area contributed by atoms with E-state index in [2.05, 4.69) is 4.72 Å². The fourth-order valence-electron chi connectivity index (χ4n) is 0.732. The maximum absolute atomic E-state index is 11.2. The van der Waals surface area contributed by atoms with E-state index in [1.54, 1.807) is 0 Å². The quantitative estimate of drug-likeness (QED) is 0.790. The Labute approximate surface area is 76.4 Å². The van der Waals surface area contributed by atoms with Gasteiger partial charge in [-0.2, -0.15) is 0 Å². The predicted molar refractivity (Wildman–Crippen MR) is 47.7 cm³/mol. The number of benzene rings is 1. The van der Waals surface area contributed by atoms with Crippen molar-refractivity contribution in [1.29, 1.82) is 0 Å². The van der Waals surface area contributed by atoms with E-state index in [0.717, 1.165) is 0 Å². The van der Waals surface area contributed by atoms with E-state index in [0.29, 0.717) is 5.02 Å². The van der Waals surface area contributed by atoms with Gasteiger partial charge in [-0.05, 0) is 31.3 Å². The highest BCUT2D eigenvalue weighted by Crippen LogP contribution is 2.13. The third-order valence-corrected chi connectivity index (χ3v) is 3.07. The van der Waals surface area contributed by atoms with Crippen LogP contribution in [0.15, 0.2) is 29.2 Å². The van der Waals surface area contributed by atoms with Crippen LogP contribution in [0.25, 0.3) is 0 Å². The molecule has 0 aromatic heterocycles. The fraction of sp³-hybridized carbons (Fsp3) is 0.143. The molecule has 0 amide bonds. The molecule has 1 aromatic carbocycles. The van der Waals surface area contributed by atoms with E-state index < -0.39 is 10.0 Å². The molecule has 0 heterocycles. The van der Waals surface area contributed by atoms with Crippen molar-refractivity contribution < 1.29 is 8.42 Å². The number of halogens is 1. The van der Waals surface area contributed by atoms with Gasteiger partial charge >= 0.3 is 0 Å². The topological polar surface area (TPSA) is 46.2 Å². The average molecular weight is 206 g/mol. The van der Waals surface area contributed by atoms with Crippen LogP contribution >= 0.6 is 11.6 Å². The summed E-state index contributed by atoms with van der Waals surface area (Å²) in [4.78, 5) is 0.217. The lowest BCUT2D eigenvalue weighted by molar-refractivity contribution is 0.588. The standard InChI is InChI=1S/C7H8ClNO2S/c1-9-12(10,11)7-4-2-6(8)3-5-7/h2-5,9H,1H3. The molecule has 66 valence electrons. The van der Waals surface area contributed by atoms with E-state index in [-0.39, 0.29) is 4.90 Å². The maximum atomic E-state index is 11.2. The number of hydrogen-bond donors (Lipinski definition) is 1. The molecule has 0 saturated carbocycles. The molecular formula is C7H8ClNO2S. The SMILES string of the molecule is CNS(=O)(=O)c1ccc(Cl)cc1. The zero-order chi connectivity index (χ0) is 9.19. The summed E-state index contributed by atoms with van der Waals surface area (Å²) in [6.07, 6.45) is 0. The molecule has 1 rings (SSSR count). The second-order valence-electron chi connectivity index (χ2n) is 2.16. The maximum Gasteiger partial charge on any atom is 0.240 e. The highest BCUT2D eigenvalue weighted by atomic mass is 35.5. The molecule has 0 aliphatic heterocycles. The van der Waals surface area contributed by atoms with Gasteiger partial charge < -0.3 is 0 Å². The van der Waals surface area contributed by atoms with Crippen LogP contribution in [0.3, 0.4) is 0 Å². The molecule has 0 aliphatic carbocycles. The van der Waals surface area contributed by atoms with Gasteiger partial charge in [-0.15, -0.1) is 0 Å². The van der Waals surface area contributed by atoms with Gasteiger partial charge in [0.1, 0.15) is 0 Å². The molecule has 0 aliphatic rings. The van der Waals surface area contributed by atoms with E-state index in [4.69, 9.17) is 11.6 Å². The molecule has 0 unspecified atom stereocenters. The summed E-state index contributed by atoms with van der Waals surface area (Å²) in [7, 11) is -1.96. The minimum absolute atomic E-state index is 0.217. The van der Waals surface area contributed by atoms with Crippen molar-refractivity contribution >= 4 is 21.6 Å². The van der Waals surface area contributed by atoms with Gasteiger partial charge in [0, 0.05) is 5.02 Å². The third-order valence-electron chi connectivity index (χ3n) is 1.39. The lowest BCUT2D eigenvalue weighted by Gasteiger charge is -2.00. The van der Waals surface area contributed by atoms with E-state index in [1.165, 1.54) is 31.3 Å². The summed E-state index contributed by atoms with van der Waals surface area (Å²) in [5.41, 5.74) is 0. The average Bonchev–Trinajstić information content (AvgIpc) is 2.05. The van der Waals surface area contributed by atoms with Crippen LogP contribution in [0.4, 0.5) is 0 Å². The molecule has 0 radical (unpaired) electrons. The first-order valence-corrected chi connectivity index (χ1v) is 5.11. The Kier molecular flexibility index (Phi) is 2.72. The fourth-order valence-corrected chi connectivity index (χ4v) is 1.59. The van der Waals surface area contributed by atoms with Crippen molar-refractivity contribution in [2.24, 2.45) is 0 Å². The lowest BCUT2D eigenvalue weighted by Crippen LogP contribution is -2.18. The largest absolute Gasteiger partial charge is 0.240 e. The molecule has 1 aromatic rings. The lowest BCUT2D eigenvalue weighted by atomic mass is 10.4. The molecule has 12 heavy (non-hydrogen) atoms. The Morgan fingerprint density at radius 3 is 2.17 bits per heavy atom. The summed E-state index contributed by atoms with van der Waals surface area (Å²) in [5, 5.41) is 0.519. The molecule has 0 atom stereocenters. The minimum Gasteiger partial charge on any atom is -0.214 e. The summed E-state index contributed by atoms with van der Waals surface area (Å²) in [5.74, 6) is 0. The highest BCUT2D eigenvalue weighted by molar-refractivity contribution is 7.89. The van der Waals surface area contributed by atoms with Gasteiger partial charge in [-0.1, -0.05) is 11.6 Å². The smallest absolute Gasteiger partial charge is 0.214 e. The Morgan fingerprint density at radius 2 is 1.75 bits per heavy atom. The zero-order valence-electron chi connectivity index (χ0n) is 6.41. The van der Waals surface area contributed by atoms with Crippen molar-refractivity contribution in [2.75, 3.05) is 7.05 Å². The molecule has 0 fully saturated rings. The first-order chi connectivity index (χ1) is 5.56. The van der Waals surface area contributed by atoms with Gasteiger partial charge in [0.15, 0.2) is 0 Å². The van der Waals surface area contributed by atoms with Crippen LogP contribution < -0.4 is 4.72 Å². The zero-order valence-corrected chi connectivity index (χ0v) is 7.98. The summed E-state index contributed by atoms with van der Waals surface area (Å²) < 4.78 is 24.5. The van der Waals surface area contributed by atoms with E-state index in [1.807, 2.05) is 0 Å².